The van der Waals surface area contributed by atoms with Gasteiger partial charge in [-0.05, 0) is 30.2 Å². The molecule has 0 N–H and O–H groups in total. The molecule has 1 aromatic heterocycles. The summed E-state index contributed by atoms with van der Waals surface area (Å²) in [5.74, 6) is 3.12. The lowest BCUT2D eigenvalue weighted by Crippen LogP contribution is -2.24. The van der Waals surface area contributed by atoms with Gasteiger partial charge in [-0.1, -0.05) is 26.0 Å². The third-order valence-corrected chi connectivity index (χ3v) is 5.39. The number of para-hydroxylation sites is 2. The number of ether oxygens (including phenoxy) is 2. The zero-order chi connectivity index (χ0) is 19.3. The molecule has 1 atom stereocenters. The number of aromatic nitrogens is 2. The molecular formula is C22H23N3O3. The number of amides is 1. The second kappa shape index (κ2) is 6.55. The summed E-state index contributed by atoms with van der Waals surface area (Å²) in [7, 11) is 0. The lowest BCUT2D eigenvalue weighted by Gasteiger charge is -2.18. The predicted octanol–water partition coefficient (Wildman–Crippen LogP) is 3.94. The lowest BCUT2D eigenvalue weighted by atomic mass is 10.1. The summed E-state index contributed by atoms with van der Waals surface area (Å²) in [4.78, 5) is 19.6. The largest absolute Gasteiger partial charge is 0.454 e. The molecule has 2 aliphatic heterocycles. The van der Waals surface area contributed by atoms with Crippen LogP contribution in [0, 0.1) is 5.92 Å². The van der Waals surface area contributed by atoms with Crippen LogP contribution in [-0.2, 0) is 11.3 Å². The van der Waals surface area contributed by atoms with Gasteiger partial charge in [-0.2, -0.15) is 0 Å². The normalized spacial score (nSPS) is 18.6. The summed E-state index contributed by atoms with van der Waals surface area (Å²) < 4.78 is 13.1. The molecule has 5 rings (SSSR count). The molecule has 3 heterocycles. The van der Waals surface area contributed by atoms with Crippen molar-refractivity contribution in [1.82, 2.24) is 9.55 Å². The van der Waals surface area contributed by atoms with E-state index < -0.39 is 0 Å². The van der Waals surface area contributed by atoms with Crippen LogP contribution >= 0.6 is 0 Å². The van der Waals surface area contributed by atoms with Crippen LogP contribution < -0.4 is 14.4 Å². The van der Waals surface area contributed by atoms with E-state index in [2.05, 4.69) is 24.5 Å². The SMILES string of the molecule is CC(C)Cn1c(C2CC(=O)N(c3ccc4c(c3)OCO4)C2)nc2ccccc21. The topological polar surface area (TPSA) is 56.6 Å². The molecule has 1 saturated heterocycles. The van der Waals surface area contributed by atoms with E-state index in [0.29, 0.717) is 24.6 Å². The maximum Gasteiger partial charge on any atom is 0.231 e. The Bertz CT molecular complexity index is 1060. The van der Waals surface area contributed by atoms with Crippen molar-refractivity contribution >= 4 is 22.6 Å². The van der Waals surface area contributed by atoms with Gasteiger partial charge in [-0.15, -0.1) is 0 Å². The third-order valence-electron chi connectivity index (χ3n) is 5.39. The summed E-state index contributed by atoms with van der Waals surface area (Å²) in [5, 5.41) is 0. The molecule has 2 aromatic carbocycles. The van der Waals surface area contributed by atoms with E-state index in [9.17, 15) is 4.79 Å². The molecule has 0 bridgehead atoms. The fourth-order valence-corrected chi connectivity index (χ4v) is 4.15. The van der Waals surface area contributed by atoms with Gasteiger partial charge in [0.2, 0.25) is 12.7 Å². The maximum absolute atomic E-state index is 12.8. The van der Waals surface area contributed by atoms with Crippen LogP contribution in [0.5, 0.6) is 11.5 Å². The van der Waals surface area contributed by atoms with Crippen LogP contribution in [0.25, 0.3) is 11.0 Å². The fourth-order valence-electron chi connectivity index (χ4n) is 4.15. The zero-order valence-corrected chi connectivity index (χ0v) is 16.1. The molecule has 0 saturated carbocycles. The molecule has 1 amide bonds. The molecule has 28 heavy (non-hydrogen) atoms. The van der Waals surface area contributed by atoms with Crippen LogP contribution in [0.3, 0.4) is 0 Å². The minimum atomic E-state index is 0.0732. The second-order valence-corrected chi connectivity index (χ2v) is 7.91. The van der Waals surface area contributed by atoms with Gasteiger partial charge >= 0.3 is 0 Å². The highest BCUT2D eigenvalue weighted by Crippen LogP contribution is 2.39. The first-order valence-corrected chi connectivity index (χ1v) is 9.75. The van der Waals surface area contributed by atoms with E-state index in [4.69, 9.17) is 14.5 Å². The fraction of sp³-hybridized carbons (Fsp3) is 0.364. The number of hydrogen-bond acceptors (Lipinski definition) is 4. The minimum Gasteiger partial charge on any atom is -0.454 e. The molecule has 0 radical (unpaired) electrons. The van der Waals surface area contributed by atoms with Gasteiger partial charge in [0.05, 0.1) is 11.0 Å². The molecule has 6 heteroatoms. The summed E-state index contributed by atoms with van der Waals surface area (Å²) in [5.41, 5.74) is 2.98. The Labute approximate surface area is 163 Å². The molecule has 0 aliphatic carbocycles. The van der Waals surface area contributed by atoms with Crippen molar-refractivity contribution in [2.24, 2.45) is 5.92 Å². The van der Waals surface area contributed by atoms with Gasteiger partial charge in [0.15, 0.2) is 11.5 Å². The Balaban J connectivity index is 1.49. The number of fused-ring (bicyclic) bond motifs is 2. The molecule has 1 fully saturated rings. The van der Waals surface area contributed by atoms with Gasteiger partial charge < -0.3 is 18.9 Å². The number of nitrogens with zero attached hydrogens (tertiary/aromatic N) is 3. The molecule has 3 aromatic rings. The number of rotatable bonds is 4. The number of anilines is 1. The van der Waals surface area contributed by atoms with Crippen LogP contribution in [0.2, 0.25) is 0 Å². The maximum atomic E-state index is 12.8. The minimum absolute atomic E-state index is 0.0732. The standard InChI is InChI=1S/C22H23N3O3/c1-14(2)11-25-18-6-4-3-5-17(18)23-22(25)15-9-21(26)24(12-15)16-7-8-19-20(10-16)28-13-27-19/h3-8,10,14-15H,9,11-13H2,1-2H3. The van der Waals surface area contributed by atoms with Crippen LogP contribution in [0.4, 0.5) is 5.69 Å². The molecule has 2 aliphatic rings. The molecule has 1 unspecified atom stereocenters. The monoisotopic (exact) mass is 377 g/mol. The highest BCUT2D eigenvalue weighted by Gasteiger charge is 2.35. The van der Waals surface area contributed by atoms with Gasteiger partial charge in [0, 0.05) is 37.2 Å². The average molecular weight is 377 g/mol. The Hall–Kier alpha value is -3.02. The van der Waals surface area contributed by atoms with E-state index in [1.54, 1.807) is 0 Å². The van der Waals surface area contributed by atoms with Crippen molar-refractivity contribution in [2.75, 3.05) is 18.2 Å². The highest BCUT2D eigenvalue weighted by molar-refractivity contribution is 5.97. The number of carbonyl (C=O) groups is 1. The van der Waals surface area contributed by atoms with Crippen LogP contribution in [-0.4, -0.2) is 28.8 Å². The summed E-state index contributed by atoms with van der Waals surface area (Å²) >= 11 is 0. The van der Waals surface area contributed by atoms with E-state index in [1.165, 1.54) is 0 Å². The van der Waals surface area contributed by atoms with Crippen molar-refractivity contribution in [3.05, 3.63) is 48.3 Å². The predicted molar refractivity (Wildman–Crippen MR) is 107 cm³/mol. The Morgan fingerprint density at radius 2 is 1.96 bits per heavy atom. The zero-order valence-electron chi connectivity index (χ0n) is 16.1. The highest BCUT2D eigenvalue weighted by atomic mass is 16.7. The lowest BCUT2D eigenvalue weighted by molar-refractivity contribution is -0.117. The Morgan fingerprint density at radius 1 is 1.14 bits per heavy atom. The smallest absolute Gasteiger partial charge is 0.231 e. The average Bonchev–Trinajstić information content (AvgIpc) is 3.38. The van der Waals surface area contributed by atoms with E-state index in [1.807, 2.05) is 41.3 Å². The van der Waals surface area contributed by atoms with Gasteiger partial charge in [0.25, 0.3) is 0 Å². The van der Waals surface area contributed by atoms with Crippen molar-refractivity contribution in [3.63, 3.8) is 0 Å². The first-order valence-electron chi connectivity index (χ1n) is 9.75. The third kappa shape index (κ3) is 2.80. The molecule has 144 valence electrons. The first-order chi connectivity index (χ1) is 13.6. The quantitative estimate of drug-likeness (QED) is 0.691. The van der Waals surface area contributed by atoms with Crippen LogP contribution in [0.1, 0.15) is 32.0 Å². The van der Waals surface area contributed by atoms with Gasteiger partial charge in [0.1, 0.15) is 5.82 Å². The van der Waals surface area contributed by atoms with E-state index in [-0.39, 0.29) is 18.6 Å². The van der Waals surface area contributed by atoms with E-state index in [0.717, 1.165) is 34.8 Å². The molecular weight excluding hydrogens is 354 g/mol. The molecule has 0 spiro atoms. The Kier molecular flexibility index (Phi) is 4.00. The number of carbonyl (C=O) groups excluding carboxylic acids is 1. The summed E-state index contributed by atoms with van der Waals surface area (Å²) in [6, 6.07) is 13.9. The van der Waals surface area contributed by atoms with Gasteiger partial charge in [-0.25, -0.2) is 4.98 Å². The first kappa shape index (κ1) is 17.1. The van der Waals surface area contributed by atoms with Crippen LogP contribution in [0.15, 0.2) is 42.5 Å². The number of hydrogen-bond donors (Lipinski definition) is 0. The van der Waals surface area contributed by atoms with Crippen molar-refractivity contribution in [2.45, 2.75) is 32.7 Å². The van der Waals surface area contributed by atoms with Gasteiger partial charge in [-0.3, -0.25) is 4.79 Å². The second-order valence-electron chi connectivity index (χ2n) is 7.91. The van der Waals surface area contributed by atoms with E-state index >= 15 is 0 Å². The summed E-state index contributed by atoms with van der Waals surface area (Å²) in [6.07, 6.45) is 0.468. The van der Waals surface area contributed by atoms with Crippen molar-refractivity contribution in [1.29, 1.82) is 0 Å². The molecule has 6 nitrogen and oxygen atoms in total. The summed E-state index contributed by atoms with van der Waals surface area (Å²) in [6.45, 7) is 6.16. The Morgan fingerprint density at radius 3 is 2.82 bits per heavy atom. The number of benzene rings is 2. The number of imidazole rings is 1. The van der Waals surface area contributed by atoms with Crippen molar-refractivity contribution in [3.8, 4) is 11.5 Å². The van der Waals surface area contributed by atoms with Crippen molar-refractivity contribution < 1.29 is 14.3 Å².